The molecule has 0 spiro atoms. The summed E-state index contributed by atoms with van der Waals surface area (Å²) in [5, 5.41) is 16.1. The molecule has 2 N–H and O–H groups in total. The molecule has 1 atom stereocenters. The maximum Gasteiger partial charge on any atom is 0.270 e. The summed E-state index contributed by atoms with van der Waals surface area (Å²) in [6.45, 7) is 2.08. The number of non-ortho nitro benzene ring substituents is 1. The van der Waals surface area contributed by atoms with Crippen LogP contribution < -0.4 is 10.6 Å². The van der Waals surface area contributed by atoms with Gasteiger partial charge in [0.1, 0.15) is 6.04 Å². The van der Waals surface area contributed by atoms with Gasteiger partial charge in [0.05, 0.1) is 4.92 Å². The van der Waals surface area contributed by atoms with Gasteiger partial charge in [0.25, 0.3) is 11.6 Å². The van der Waals surface area contributed by atoms with Crippen molar-refractivity contribution in [3.05, 3.63) is 70.3 Å². The van der Waals surface area contributed by atoms with Crippen LogP contribution in [0.5, 0.6) is 0 Å². The van der Waals surface area contributed by atoms with E-state index in [9.17, 15) is 19.7 Å². The van der Waals surface area contributed by atoms with Crippen LogP contribution in [0.1, 0.15) is 23.7 Å². The van der Waals surface area contributed by atoms with Gasteiger partial charge in [-0.05, 0) is 37.3 Å². The van der Waals surface area contributed by atoms with Crippen LogP contribution in [0.2, 0.25) is 0 Å². The number of nitrogens with zero attached hydrogens (tertiary/aromatic N) is 1. The summed E-state index contributed by atoms with van der Waals surface area (Å²) < 4.78 is 0. The number of nitro benzene ring substituents is 1. The average molecular weight is 387 g/mol. The van der Waals surface area contributed by atoms with Gasteiger partial charge in [-0.25, -0.2) is 0 Å². The quantitative estimate of drug-likeness (QED) is 0.298. The van der Waals surface area contributed by atoms with E-state index in [1.54, 1.807) is 18.7 Å². The summed E-state index contributed by atoms with van der Waals surface area (Å²) in [5.41, 5.74) is -0.0289. The summed E-state index contributed by atoms with van der Waals surface area (Å²) in [6.07, 6.45) is 0.802. The maximum atomic E-state index is 12.2. The molecule has 0 saturated carbocycles. The largest absolute Gasteiger partial charge is 0.354 e. The molecule has 0 radical (unpaired) electrons. The zero-order valence-corrected chi connectivity index (χ0v) is 15.7. The Hall–Kier alpha value is -2.87. The summed E-state index contributed by atoms with van der Waals surface area (Å²) >= 11 is 1.72. The number of amides is 2. The van der Waals surface area contributed by atoms with Crippen LogP contribution in [0, 0.1) is 10.1 Å². The first-order chi connectivity index (χ1) is 13.0. The standard InChI is InChI=1S/C19H21N3O4S/c1-14(21-19(24)15-7-5-8-16(13-15)22(25)26)18(23)20-11-6-12-27-17-9-3-2-4-10-17/h2-5,7-10,13-14H,6,11-12H2,1H3,(H,20,23)(H,21,24). The van der Waals surface area contributed by atoms with Crippen molar-refractivity contribution in [2.45, 2.75) is 24.3 Å². The van der Waals surface area contributed by atoms with Crippen LogP contribution in [0.25, 0.3) is 0 Å². The zero-order chi connectivity index (χ0) is 19.6. The first-order valence-corrected chi connectivity index (χ1v) is 9.47. The highest BCUT2D eigenvalue weighted by atomic mass is 32.2. The van der Waals surface area contributed by atoms with Gasteiger partial charge in [0.15, 0.2) is 0 Å². The van der Waals surface area contributed by atoms with Gasteiger partial charge in [0, 0.05) is 29.1 Å². The molecule has 0 fully saturated rings. The molecule has 27 heavy (non-hydrogen) atoms. The lowest BCUT2D eigenvalue weighted by Crippen LogP contribution is -2.45. The molecule has 0 heterocycles. The topological polar surface area (TPSA) is 101 Å². The normalized spacial score (nSPS) is 11.4. The fraction of sp³-hybridized carbons (Fsp3) is 0.263. The monoisotopic (exact) mass is 387 g/mol. The molecule has 0 bridgehead atoms. The third kappa shape index (κ3) is 6.74. The van der Waals surface area contributed by atoms with Crippen molar-refractivity contribution in [1.82, 2.24) is 10.6 Å². The van der Waals surface area contributed by atoms with Crippen LogP contribution in [-0.2, 0) is 4.79 Å². The molecule has 7 nitrogen and oxygen atoms in total. The van der Waals surface area contributed by atoms with E-state index < -0.39 is 16.9 Å². The van der Waals surface area contributed by atoms with E-state index in [1.807, 2.05) is 30.3 Å². The number of carbonyl (C=O) groups is 2. The minimum absolute atomic E-state index is 0.142. The van der Waals surface area contributed by atoms with Gasteiger partial charge in [0.2, 0.25) is 5.91 Å². The van der Waals surface area contributed by atoms with E-state index in [1.165, 1.54) is 29.2 Å². The fourth-order valence-corrected chi connectivity index (χ4v) is 3.12. The van der Waals surface area contributed by atoms with Crippen molar-refractivity contribution in [1.29, 1.82) is 0 Å². The SMILES string of the molecule is CC(NC(=O)c1cccc([N+](=O)[O-])c1)C(=O)NCCCSc1ccccc1. The minimum atomic E-state index is -0.737. The summed E-state index contributed by atoms with van der Waals surface area (Å²) in [5.74, 6) is 0.0538. The Morgan fingerprint density at radius 1 is 1.15 bits per heavy atom. The predicted molar refractivity (Wildman–Crippen MR) is 105 cm³/mol. The molecule has 0 aliphatic heterocycles. The summed E-state index contributed by atoms with van der Waals surface area (Å²) in [4.78, 5) is 35.6. The Kier molecular flexibility index (Phi) is 7.81. The lowest BCUT2D eigenvalue weighted by molar-refractivity contribution is -0.384. The van der Waals surface area contributed by atoms with E-state index in [0.29, 0.717) is 6.54 Å². The highest BCUT2D eigenvalue weighted by molar-refractivity contribution is 7.99. The highest BCUT2D eigenvalue weighted by Gasteiger charge is 2.17. The molecule has 142 valence electrons. The molecule has 0 aromatic heterocycles. The van der Waals surface area contributed by atoms with E-state index in [4.69, 9.17) is 0 Å². The number of hydrogen-bond acceptors (Lipinski definition) is 5. The van der Waals surface area contributed by atoms with Crippen molar-refractivity contribution >= 4 is 29.3 Å². The summed E-state index contributed by atoms with van der Waals surface area (Å²) in [6, 6.07) is 14.7. The number of benzene rings is 2. The molecular weight excluding hydrogens is 366 g/mol. The molecule has 2 rings (SSSR count). The van der Waals surface area contributed by atoms with E-state index in [0.717, 1.165) is 12.2 Å². The van der Waals surface area contributed by atoms with Crippen LogP contribution in [0.4, 0.5) is 5.69 Å². The molecule has 2 amide bonds. The summed E-state index contributed by atoms with van der Waals surface area (Å²) in [7, 11) is 0. The average Bonchev–Trinajstić information content (AvgIpc) is 2.68. The zero-order valence-electron chi connectivity index (χ0n) is 14.9. The third-order valence-corrected chi connectivity index (χ3v) is 4.79. The number of rotatable bonds is 9. The molecule has 0 saturated heterocycles. The van der Waals surface area contributed by atoms with E-state index in [2.05, 4.69) is 10.6 Å². The molecule has 0 aliphatic rings. The van der Waals surface area contributed by atoms with Gasteiger partial charge in [-0.1, -0.05) is 24.3 Å². The number of carbonyl (C=O) groups excluding carboxylic acids is 2. The highest BCUT2D eigenvalue weighted by Crippen LogP contribution is 2.17. The van der Waals surface area contributed by atoms with Crippen molar-refractivity contribution in [2.24, 2.45) is 0 Å². The Morgan fingerprint density at radius 3 is 2.59 bits per heavy atom. The van der Waals surface area contributed by atoms with Crippen LogP contribution in [0.15, 0.2) is 59.5 Å². The predicted octanol–water partition coefficient (Wildman–Crippen LogP) is 3.01. The second-order valence-corrected chi connectivity index (χ2v) is 6.98. The van der Waals surface area contributed by atoms with E-state index >= 15 is 0 Å². The Balaban J connectivity index is 1.72. The minimum Gasteiger partial charge on any atom is -0.354 e. The third-order valence-electron chi connectivity index (χ3n) is 3.69. The van der Waals surface area contributed by atoms with Crippen molar-refractivity contribution < 1.29 is 14.5 Å². The Labute approximate surface area is 161 Å². The number of hydrogen-bond donors (Lipinski definition) is 2. The molecular formula is C19H21N3O4S. The molecule has 2 aromatic rings. The van der Waals surface area contributed by atoms with Crippen LogP contribution >= 0.6 is 11.8 Å². The smallest absolute Gasteiger partial charge is 0.270 e. The number of thioether (sulfide) groups is 1. The molecule has 1 unspecified atom stereocenters. The Bertz CT molecular complexity index is 799. The van der Waals surface area contributed by atoms with Gasteiger partial charge >= 0.3 is 0 Å². The van der Waals surface area contributed by atoms with Crippen molar-refractivity contribution in [3.63, 3.8) is 0 Å². The maximum absolute atomic E-state index is 12.2. The molecule has 0 aliphatic carbocycles. The second kappa shape index (κ2) is 10.3. The number of nitro groups is 1. The first-order valence-electron chi connectivity index (χ1n) is 8.48. The second-order valence-electron chi connectivity index (χ2n) is 5.81. The number of nitrogens with one attached hydrogen (secondary N) is 2. The van der Waals surface area contributed by atoms with E-state index in [-0.39, 0.29) is 17.2 Å². The van der Waals surface area contributed by atoms with Gasteiger partial charge < -0.3 is 10.6 Å². The fourth-order valence-electron chi connectivity index (χ4n) is 2.25. The molecule has 2 aromatic carbocycles. The molecule has 8 heteroatoms. The van der Waals surface area contributed by atoms with Gasteiger partial charge in [-0.3, -0.25) is 19.7 Å². The van der Waals surface area contributed by atoms with Crippen LogP contribution in [0.3, 0.4) is 0 Å². The first kappa shape index (κ1) is 20.4. The lowest BCUT2D eigenvalue weighted by Gasteiger charge is -2.14. The van der Waals surface area contributed by atoms with Crippen molar-refractivity contribution in [2.75, 3.05) is 12.3 Å². The van der Waals surface area contributed by atoms with Gasteiger partial charge in [-0.15, -0.1) is 11.8 Å². The van der Waals surface area contributed by atoms with Crippen LogP contribution in [-0.4, -0.2) is 35.1 Å². The lowest BCUT2D eigenvalue weighted by atomic mass is 10.1. The van der Waals surface area contributed by atoms with Gasteiger partial charge in [-0.2, -0.15) is 0 Å². The van der Waals surface area contributed by atoms with Crippen molar-refractivity contribution in [3.8, 4) is 0 Å². The Morgan fingerprint density at radius 2 is 1.89 bits per heavy atom.